The lowest BCUT2D eigenvalue weighted by Crippen LogP contribution is -1.83. The molecule has 1 aromatic carbocycles. The van der Waals surface area contributed by atoms with Crippen LogP contribution in [0.25, 0.3) is 17.2 Å². The normalized spacial score (nSPS) is 9.93. The smallest absolute Gasteiger partial charge is 0.123 e. The molecule has 0 fully saturated rings. The molecule has 15 heavy (non-hydrogen) atoms. The van der Waals surface area contributed by atoms with Crippen molar-refractivity contribution in [1.29, 1.82) is 0 Å². The monoisotopic (exact) mass is 199 g/mol. The van der Waals surface area contributed by atoms with Gasteiger partial charge < -0.3 is 0 Å². The van der Waals surface area contributed by atoms with Gasteiger partial charge in [-0.25, -0.2) is 4.39 Å². The summed E-state index contributed by atoms with van der Waals surface area (Å²) >= 11 is 0. The van der Waals surface area contributed by atoms with Gasteiger partial charge in [-0.3, -0.25) is 4.98 Å². The Morgan fingerprint density at radius 3 is 2.60 bits per heavy atom. The van der Waals surface area contributed by atoms with Crippen molar-refractivity contribution in [3.05, 3.63) is 60.7 Å². The molecule has 0 saturated heterocycles. The lowest BCUT2D eigenvalue weighted by Gasteiger charge is -2.01. The molecule has 0 N–H and O–H groups in total. The third-order valence-electron chi connectivity index (χ3n) is 2.15. The summed E-state index contributed by atoms with van der Waals surface area (Å²) < 4.78 is 13.0. The second kappa shape index (κ2) is 4.05. The zero-order valence-corrected chi connectivity index (χ0v) is 8.15. The Morgan fingerprint density at radius 1 is 1.13 bits per heavy atom. The average Bonchev–Trinajstić information content (AvgIpc) is 2.29. The van der Waals surface area contributed by atoms with Crippen molar-refractivity contribution >= 4 is 6.08 Å². The van der Waals surface area contributed by atoms with Crippen LogP contribution in [0.4, 0.5) is 4.39 Å². The number of hydrogen-bond acceptors (Lipinski definition) is 1. The highest BCUT2D eigenvalue weighted by Crippen LogP contribution is 2.19. The van der Waals surface area contributed by atoms with Crippen molar-refractivity contribution in [2.24, 2.45) is 0 Å². The van der Waals surface area contributed by atoms with Gasteiger partial charge in [0.15, 0.2) is 0 Å². The quantitative estimate of drug-likeness (QED) is 0.721. The molecule has 74 valence electrons. The van der Waals surface area contributed by atoms with Crippen molar-refractivity contribution in [2.75, 3.05) is 0 Å². The molecule has 0 aliphatic carbocycles. The first-order chi connectivity index (χ1) is 7.29. The Kier molecular flexibility index (Phi) is 2.59. The van der Waals surface area contributed by atoms with Gasteiger partial charge in [-0.1, -0.05) is 24.8 Å². The second-order valence-electron chi connectivity index (χ2n) is 3.19. The van der Waals surface area contributed by atoms with Gasteiger partial charge in [-0.15, -0.1) is 0 Å². The molecule has 2 aromatic rings. The van der Waals surface area contributed by atoms with E-state index in [0.29, 0.717) is 0 Å². The van der Waals surface area contributed by atoms with Crippen LogP contribution in [0.5, 0.6) is 0 Å². The third kappa shape index (κ3) is 2.10. The number of hydrogen-bond donors (Lipinski definition) is 0. The maximum atomic E-state index is 13.0. The van der Waals surface area contributed by atoms with Gasteiger partial charge in [0.2, 0.25) is 0 Å². The summed E-state index contributed by atoms with van der Waals surface area (Å²) in [6.07, 6.45) is 3.39. The van der Waals surface area contributed by atoms with E-state index in [0.717, 1.165) is 16.8 Å². The minimum Gasteiger partial charge on any atom is -0.256 e. The molecule has 0 atom stereocenters. The van der Waals surface area contributed by atoms with Crippen LogP contribution in [0.15, 0.2) is 49.2 Å². The van der Waals surface area contributed by atoms with Gasteiger partial charge in [0, 0.05) is 11.8 Å². The average molecular weight is 199 g/mol. The molecule has 1 heterocycles. The van der Waals surface area contributed by atoms with Gasteiger partial charge >= 0.3 is 0 Å². The molecule has 0 spiro atoms. The lowest BCUT2D eigenvalue weighted by atomic mass is 10.1. The Labute approximate surface area is 87.9 Å². The summed E-state index contributed by atoms with van der Waals surface area (Å²) in [4.78, 5) is 4.16. The summed E-state index contributed by atoms with van der Waals surface area (Å²) in [7, 11) is 0. The van der Waals surface area contributed by atoms with Crippen molar-refractivity contribution in [2.45, 2.75) is 0 Å². The van der Waals surface area contributed by atoms with E-state index in [9.17, 15) is 4.39 Å². The Balaban J connectivity index is 2.41. The van der Waals surface area contributed by atoms with Crippen molar-refractivity contribution in [3.63, 3.8) is 0 Å². The van der Waals surface area contributed by atoms with Crippen LogP contribution in [-0.2, 0) is 0 Å². The highest BCUT2D eigenvalue weighted by molar-refractivity contribution is 5.63. The molecule has 0 saturated carbocycles. The van der Waals surface area contributed by atoms with Crippen LogP contribution in [0.2, 0.25) is 0 Å². The standard InChI is InChI=1S/C13H10FN/c1-2-13-7-6-11(9-15-13)10-4-3-5-12(14)8-10/h2-9H,1H2. The van der Waals surface area contributed by atoms with Gasteiger partial charge in [0.05, 0.1) is 5.69 Å². The molecule has 2 heteroatoms. The van der Waals surface area contributed by atoms with Gasteiger partial charge in [-0.05, 0) is 29.8 Å². The SMILES string of the molecule is C=Cc1ccc(-c2cccc(F)c2)cn1. The topological polar surface area (TPSA) is 12.9 Å². The van der Waals surface area contributed by atoms with Crippen LogP contribution in [0, 0.1) is 5.82 Å². The van der Waals surface area contributed by atoms with E-state index in [2.05, 4.69) is 11.6 Å². The second-order valence-corrected chi connectivity index (χ2v) is 3.19. The van der Waals surface area contributed by atoms with E-state index in [-0.39, 0.29) is 5.82 Å². The van der Waals surface area contributed by atoms with E-state index >= 15 is 0 Å². The van der Waals surface area contributed by atoms with Crippen molar-refractivity contribution in [1.82, 2.24) is 4.98 Å². The highest BCUT2D eigenvalue weighted by Gasteiger charge is 1.98. The predicted octanol–water partition coefficient (Wildman–Crippen LogP) is 3.53. The number of aromatic nitrogens is 1. The zero-order valence-electron chi connectivity index (χ0n) is 8.15. The summed E-state index contributed by atoms with van der Waals surface area (Å²) in [5.41, 5.74) is 2.55. The van der Waals surface area contributed by atoms with Crippen LogP contribution < -0.4 is 0 Å². The fraction of sp³-hybridized carbons (Fsp3) is 0. The van der Waals surface area contributed by atoms with Crippen LogP contribution >= 0.6 is 0 Å². The minimum absolute atomic E-state index is 0.236. The number of pyridine rings is 1. The van der Waals surface area contributed by atoms with E-state index in [1.54, 1.807) is 18.3 Å². The first kappa shape index (κ1) is 9.59. The van der Waals surface area contributed by atoms with Crippen molar-refractivity contribution < 1.29 is 4.39 Å². The number of nitrogens with zero attached hydrogens (tertiary/aromatic N) is 1. The molecule has 0 bridgehead atoms. The molecule has 0 amide bonds. The predicted molar refractivity (Wildman–Crippen MR) is 59.7 cm³/mol. The van der Waals surface area contributed by atoms with Gasteiger partial charge in [0.1, 0.15) is 5.82 Å². The first-order valence-electron chi connectivity index (χ1n) is 4.64. The summed E-state index contributed by atoms with van der Waals surface area (Å²) in [5.74, 6) is -0.236. The number of halogens is 1. The lowest BCUT2D eigenvalue weighted by molar-refractivity contribution is 0.628. The molecule has 0 radical (unpaired) electrons. The molecule has 0 unspecified atom stereocenters. The number of rotatable bonds is 2. The molecule has 1 aromatic heterocycles. The summed E-state index contributed by atoms with van der Waals surface area (Å²) in [6, 6.07) is 10.2. The maximum absolute atomic E-state index is 13.0. The molecular weight excluding hydrogens is 189 g/mol. The van der Waals surface area contributed by atoms with E-state index in [4.69, 9.17) is 0 Å². The largest absolute Gasteiger partial charge is 0.256 e. The maximum Gasteiger partial charge on any atom is 0.123 e. The fourth-order valence-electron chi connectivity index (χ4n) is 1.36. The molecule has 2 rings (SSSR count). The molecule has 0 aliphatic rings. The highest BCUT2D eigenvalue weighted by atomic mass is 19.1. The third-order valence-corrected chi connectivity index (χ3v) is 2.15. The number of benzene rings is 1. The summed E-state index contributed by atoms with van der Waals surface area (Å²) in [6.45, 7) is 3.62. The first-order valence-corrected chi connectivity index (χ1v) is 4.64. The fourth-order valence-corrected chi connectivity index (χ4v) is 1.36. The van der Waals surface area contributed by atoms with Crippen LogP contribution in [-0.4, -0.2) is 4.98 Å². The zero-order chi connectivity index (χ0) is 10.7. The molecule has 0 aliphatic heterocycles. The van der Waals surface area contributed by atoms with E-state index < -0.39 is 0 Å². The molecular formula is C13H10FN. The summed E-state index contributed by atoms with van der Waals surface area (Å²) in [5, 5.41) is 0. The Bertz CT molecular complexity index is 474. The van der Waals surface area contributed by atoms with E-state index in [1.165, 1.54) is 12.1 Å². The minimum atomic E-state index is -0.236. The Morgan fingerprint density at radius 2 is 2.00 bits per heavy atom. The molecule has 1 nitrogen and oxygen atoms in total. The Hall–Kier alpha value is -1.96. The van der Waals surface area contributed by atoms with Crippen LogP contribution in [0.1, 0.15) is 5.69 Å². The van der Waals surface area contributed by atoms with Crippen molar-refractivity contribution in [3.8, 4) is 11.1 Å². The van der Waals surface area contributed by atoms with Crippen LogP contribution in [0.3, 0.4) is 0 Å². The van der Waals surface area contributed by atoms with Gasteiger partial charge in [-0.2, -0.15) is 0 Å². The van der Waals surface area contributed by atoms with Gasteiger partial charge in [0.25, 0.3) is 0 Å². The van der Waals surface area contributed by atoms with E-state index in [1.807, 2.05) is 18.2 Å².